The monoisotopic (exact) mass is 214 g/mol. The van der Waals surface area contributed by atoms with Crippen LogP contribution in [0.2, 0.25) is 0 Å². The fourth-order valence-corrected chi connectivity index (χ4v) is 1.63. The van der Waals surface area contributed by atoms with Gasteiger partial charge in [-0.05, 0) is 32.9 Å². The van der Waals surface area contributed by atoms with Crippen LogP contribution in [0.25, 0.3) is 0 Å². The maximum atomic E-state index is 9.75. The van der Waals surface area contributed by atoms with Crippen LogP contribution >= 0.6 is 0 Å². The Balaban J connectivity index is 0.000000292. The molecule has 14 heavy (non-hydrogen) atoms. The molecule has 1 heterocycles. The van der Waals surface area contributed by atoms with Gasteiger partial charge in [-0.25, -0.2) is 0 Å². The highest BCUT2D eigenvalue weighted by molar-refractivity contribution is 6.50. The first kappa shape index (κ1) is 13.7. The van der Waals surface area contributed by atoms with Crippen molar-refractivity contribution in [3.05, 3.63) is 0 Å². The Morgan fingerprint density at radius 2 is 1.71 bits per heavy atom. The Morgan fingerprint density at radius 1 is 1.21 bits per heavy atom. The summed E-state index contributed by atoms with van der Waals surface area (Å²) in [6.07, 6.45) is 4.27. The van der Waals surface area contributed by atoms with Crippen LogP contribution in [0.15, 0.2) is 0 Å². The van der Waals surface area contributed by atoms with Crippen molar-refractivity contribution in [2.75, 3.05) is 13.1 Å². The van der Waals surface area contributed by atoms with Gasteiger partial charge in [0, 0.05) is 6.04 Å². The van der Waals surface area contributed by atoms with Gasteiger partial charge in [-0.15, -0.1) is 0 Å². The van der Waals surface area contributed by atoms with Gasteiger partial charge in [0.15, 0.2) is 0 Å². The fraction of sp³-hybridized carbons (Fsp3) is 1.00. The first-order valence-electron chi connectivity index (χ1n) is 4.96. The molecular weight excluding hydrogens is 197 g/mol. The van der Waals surface area contributed by atoms with Gasteiger partial charge >= 0.3 is 7.25 Å². The molecule has 1 aliphatic rings. The maximum absolute atomic E-state index is 9.75. The molecule has 0 amide bonds. The van der Waals surface area contributed by atoms with E-state index in [0.29, 0.717) is 0 Å². The van der Waals surface area contributed by atoms with E-state index in [0.717, 1.165) is 6.04 Å². The lowest BCUT2D eigenvalue weighted by atomic mass is 10.0. The summed E-state index contributed by atoms with van der Waals surface area (Å²) in [6, 6.07) is 0.851. The van der Waals surface area contributed by atoms with Gasteiger partial charge in [-0.3, -0.25) is 0 Å². The fourth-order valence-electron chi connectivity index (χ4n) is 1.63. The van der Waals surface area contributed by atoms with E-state index < -0.39 is 7.25 Å². The Bertz CT molecular complexity index is 145. The van der Waals surface area contributed by atoms with Gasteiger partial charge in [0.2, 0.25) is 0 Å². The second kappa shape index (κ2) is 6.27. The highest BCUT2D eigenvalue weighted by atomic mass is 19.5. The van der Waals surface area contributed by atoms with Gasteiger partial charge in [0.1, 0.15) is 0 Å². The summed E-state index contributed by atoms with van der Waals surface area (Å²) in [7, 11) is -6.00. The molecule has 0 aromatic rings. The molecule has 0 aromatic heterocycles. The molecule has 6 heteroatoms. The largest absolute Gasteiger partial charge is 0.673 e. The zero-order valence-corrected chi connectivity index (χ0v) is 8.65. The van der Waals surface area contributed by atoms with Gasteiger partial charge in [-0.1, -0.05) is 13.3 Å². The van der Waals surface area contributed by atoms with E-state index in [4.69, 9.17) is 0 Å². The highest BCUT2D eigenvalue weighted by Crippen LogP contribution is 2.14. The number of halogens is 4. The van der Waals surface area contributed by atoms with Crippen molar-refractivity contribution >= 4 is 7.25 Å². The Kier molecular flexibility index (Phi) is 6.16. The van der Waals surface area contributed by atoms with Crippen molar-refractivity contribution in [2.24, 2.45) is 0 Å². The van der Waals surface area contributed by atoms with E-state index in [1.807, 2.05) is 0 Å². The van der Waals surface area contributed by atoms with Crippen LogP contribution in [0.5, 0.6) is 0 Å². The zero-order valence-electron chi connectivity index (χ0n) is 8.65. The minimum atomic E-state index is -6.00. The molecule has 86 valence electrons. The molecule has 0 N–H and O–H groups in total. The number of hydrogen-bond donors (Lipinski definition) is 0. The molecule has 1 fully saturated rings. The number of likely N-dealkylation sites (tertiary alicyclic amines) is 1. The predicted octanol–water partition coefficient (Wildman–Crippen LogP) is 3.18. The van der Waals surface area contributed by atoms with Crippen LogP contribution in [0.1, 0.15) is 33.1 Å². The van der Waals surface area contributed by atoms with Crippen LogP contribution in [0, 0.1) is 0 Å². The number of rotatable bonds is 1. The van der Waals surface area contributed by atoms with Crippen molar-refractivity contribution in [3.8, 4) is 0 Å². The zero-order chi connectivity index (χ0) is 11.2. The smallest absolute Gasteiger partial charge is 0.418 e. The van der Waals surface area contributed by atoms with Crippen LogP contribution in [-0.2, 0) is 0 Å². The van der Waals surface area contributed by atoms with Crippen LogP contribution in [0.4, 0.5) is 17.3 Å². The van der Waals surface area contributed by atoms with Gasteiger partial charge in [-0.2, -0.15) is 0 Å². The molecule has 1 aliphatic heterocycles. The van der Waals surface area contributed by atoms with Gasteiger partial charge < -0.3 is 22.2 Å². The summed E-state index contributed by atoms with van der Waals surface area (Å²) in [5.41, 5.74) is 0. The normalized spacial score (nSPS) is 24.0. The van der Waals surface area contributed by atoms with Crippen molar-refractivity contribution in [1.29, 1.82) is 0 Å². The van der Waals surface area contributed by atoms with Crippen molar-refractivity contribution in [1.82, 2.24) is 4.90 Å². The summed E-state index contributed by atoms with van der Waals surface area (Å²) >= 11 is 0. The third kappa shape index (κ3) is 8.35. The van der Waals surface area contributed by atoms with Gasteiger partial charge in [0.05, 0.1) is 0 Å². The van der Waals surface area contributed by atoms with E-state index in [1.165, 1.54) is 32.4 Å². The second-order valence-electron chi connectivity index (χ2n) is 3.47. The molecule has 1 unspecified atom stereocenters. The number of hydrogen-bond acceptors (Lipinski definition) is 1. The topological polar surface area (TPSA) is 3.24 Å². The lowest BCUT2D eigenvalue weighted by Gasteiger charge is -2.31. The average molecular weight is 214 g/mol. The Labute approximate surface area is 82.6 Å². The molecular formula is C8H17BF4N-. The molecule has 1 rings (SSSR count). The SMILES string of the molecule is CCN1CCCCC1C.F[B-](F)(F)F. The third-order valence-corrected chi connectivity index (χ3v) is 2.35. The summed E-state index contributed by atoms with van der Waals surface area (Å²) in [5.74, 6) is 0. The predicted molar refractivity (Wildman–Crippen MR) is 50.7 cm³/mol. The summed E-state index contributed by atoms with van der Waals surface area (Å²) in [5, 5.41) is 0. The van der Waals surface area contributed by atoms with Crippen LogP contribution in [0.3, 0.4) is 0 Å². The van der Waals surface area contributed by atoms with Crippen LogP contribution < -0.4 is 0 Å². The quantitative estimate of drug-likeness (QED) is 0.478. The van der Waals surface area contributed by atoms with E-state index in [2.05, 4.69) is 18.7 Å². The average Bonchev–Trinajstić information content (AvgIpc) is 2.02. The summed E-state index contributed by atoms with van der Waals surface area (Å²) in [6.45, 7) is 7.16. The molecule has 0 bridgehead atoms. The van der Waals surface area contributed by atoms with Crippen molar-refractivity contribution < 1.29 is 17.3 Å². The first-order valence-corrected chi connectivity index (χ1v) is 4.96. The third-order valence-electron chi connectivity index (χ3n) is 2.35. The Hall–Kier alpha value is -0.255. The van der Waals surface area contributed by atoms with Crippen LogP contribution in [-0.4, -0.2) is 31.3 Å². The standard InChI is InChI=1S/C8H17N.BF4/c1-3-9-7-5-4-6-8(9)2;2-1(3,4)5/h8H,3-7H2,1-2H3;/q;-1. The second-order valence-corrected chi connectivity index (χ2v) is 3.47. The van der Waals surface area contributed by atoms with E-state index in [9.17, 15) is 17.3 Å². The molecule has 1 saturated heterocycles. The molecule has 0 aromatic carbocycles. The highest BCUT2D eigenvalue weighted by Gasteiger charge is 2.20. The number of piperidine rings is 1. The number of nitrogens with zero attached hydrogens (tertiary/aromatic N) is 1. The summed E-state index contributed by atoms with van der Waals surface area (Å²) < 4.78 is 39.0. The minimum absolute atomic E-state index is 0.851. The van der Waals surface area contributed by atoms with E-state index >= 15 is 0 Å². The van der Waals surface area contributed by atoms with Crippen molar-refractivity contribution in [2.45, 2.75) is 39.2 Å². The van der Waals surface area contributed by atoms with E-state index in [1.54, 1.807) is 0 Å². The molecule has 0 spiro atoms. The molecule has 1 nitrogen and oxygen atoms in total. The maximum Gasteiger partial charge on any atom is 0.673 e. The summed E-state index contributed by atoms with van der Waals surface area (Å²) in [4.78, 5) is 2.56. The molecule has 1 atom stereocenters. The van der Waals surface area contributed by atoms with E-state index in [-0.39, 0.29) is 0 Å². The first-order chi connectivity index (χ1) is 6.34. The molecule has 0 radical (unpaired) electrons. The lowest BCUT2D eigenvalue weighted by Crippen LogP contribution is -2.36. The Morgan fingerprint density at radius 3 is 2.00 bits per heavy atom. The van der Waals surface area contributed by atoms with Gasteiger partial charge in [0.25, 0.3) is 0 Å². The minimum Gasteiger partial charge on any atom is -0.418 e. The molecule has 0 aliphatic carbocycles. The lowest BCUT2D eigenvalue weighted by molar-refractivity contribution is 0.169. The van der Waals surface area contributed by atoms with Crippen molar-refractivity contribution in [3.63, 3.8) is 0 Å². The molecule has 0 saturated carbocycles.